The minimum atomic E-state index is 0.448. The van der Waals surface area contributed by atoms with Crippen LogP contribution in [-0.4, -0.2) is 29.1 Å². The van der Waals surface area contributed by atoms with Gasteiger partial charge in [0.25, 0.3) is 0 Å². The zero-order valence-corrected chi connectivity index (χ0v) is 12.8. The van der Waals surface area contributed by atoms with Gasteiger partial charge in [-0.2, -0.15) is 0 Å². The van der Waals surface area contributed by atoms with Crippen molar-refractivity contribution in [2.45, 2.75) is 25.8 Å². The molecule has 0 unspecified atom stereocenters. The molecule has 1 aliphatic rings. The Kier molecular flexibility index (Phi) is 4.25. The summed E-state index contributed by atoms with van der Waals surface area (Å²) >= 11 is 6.15. The first-order valence-electron chi connectivity index (χ1n) is 7.26. The van der Waals surface area contributed by atoms with Crippen LogP contribution in [0.25, 0.3) is 0 Å². The number of hydrogen-bond acceptors (Lipinski definition) is 4. The van der Waals surface area contributed by atoms with Gasteiger partial charge in [-0.3, -0.25) is 4.98 Å². The molecule has 0 aliphatic carbocycles. The van der Waals surface area contributed by atoms with E-state index in [1.165, 1.54) is 5.69 Å². The maximum Gasteiger partial charge on any atom is 0.152 e. The Bertz CT molecular complexity index is 594. The highest BCUT2D eigenvalue weighted by Crippen LogP contribution is 2.25. The third-order valence-corrected chi connectivity index (χ3v) is 4.16. The molecule has 1 fully saturated rings. The Labute approximate surface area is 130 Å². The van der Waals surface area contributed by atoms with E-state index in [-0.39, 0.29) is 0 Å². The molecule has 0 spiro atoms. The molecular weight excluding hydrogens is 284 g/mol. The fraction of sp³-hybridized carbons (Fsp3) is 0.375. The highest BCUT2D eigenvalue weighted by molar-refractivity contribution is 6.31. The standard InChI is InChI=1S/C16H19ClN4/c1-12-10-15(16(17)19-11-12)20-13-4-8-21(9-5-13)14-2-6-18-7-3-14/h2-3,6-7,10-11,13,20H,4-5,8-9H2,1H3. The van der Waals surface area contributed by atoms with Crippen molar-refractivity contribution in [1.29, 1.82) is 0 Å². The van der Waals surface area contributed by atoms with E-state index in [9.17, 15) is 0 Å². The summed E-state index contributed by atoms with van der Waals surface area (Å²) in [5, 5.41) is 4.08. The number of piperidine rings is 1. The van der Waals surface area contributed by atoms with E-state index in [4.69, 9.17) is 11.6 Å². The molecule has 0 amide bonds. The Hall–Kier alpha value is -1.81. The van der Waals surface area contributed by atoms with Crippen molar-refractivity contribution >= 4 is 23.0 Å². The minimum Gasteiger partial charge on any atom is -0.380 e. The van der Waals surface area contributed by atoms with Crippen LogP contribution in [0.1, 0.15) is 18.4 Å². The van der Waals surface area contributed by atoms with E-state index in [1.54, 1.807) is 6.20 Å². The minimum absolute atomic E-state index is 0.448. The zero-order chi connectivity index (χ0) is 14.7. The maximum absolute atomic E-state index is 6.15. The number of anilines is 2. The van der Waals surface area contributed by atoms with Crippen molar-refractivity contribution in [2.24, 2.45) is 0 Å². The SMILES string of the molecule is Cc1cnc(Cl)c(NC2CCN(c3ccncc3)CC2)c1. The van der Waals surface area contributed by atoms with Crippen LogP contribution >= 0.6 is 11.6 Å². The van der Waals surface area contributed by atoms with Crippen molar-refractivity contribution in [3.05, 3.63) is 47.5 Å². The summed E-state index contributed by atoms with van der Waals surface area (Å²) in [5.74, 6) is 0. The van der Waals surface area contributed by atoms with Crippen molar-refractivity contribution in [3.8, 4) is 0 Å². The molecule has 3 rings (SSSR count). The number of nitrogens with zero attached hydrogens (tertiary/aromatic N) is 3. The van der Waals surface area contributed by atoms with Gasteiger partial charge >= 0.3 is 0 Å². The van der Waals surface area contributed by atoms with Gasteiger partial charge in [0, 0.05) is 43.4 Å². The van der Waals surface area contributed by atoms with Crippen LogP contribution in [0.4, 0.5) is 11.4 Å². The Balaban J connectivity index is 1.60. The predicted octanol–water partition coefficient (Wildman–Crippen LogP) is 3.52. The fourth-order valence-corrected chi connectivity index (χ4v) is 2.87. The van der Waals surface area contributed by atoms with Gasteiger partial charge in [0.05, 0.1) is 5.69 Å². The lowest BCUT2D eigenvalue weighted by Gasteiger charge is -2.34. The number of aromatic nitrogens is 2. The lowest BCUT2D eigenvalue weighted by Crippen LogP contribution is -2.39. The lowest BCUT2D eigenvalue weighted by molar-refractivity contribution is 0.526. The maximum atomic E-state index is 6.15. The van der Waals surface area contributed by atoms with Crippen molar-refractivity contribution in [1.82, 2.24) is 9.97 Å². The van der Waals surface area contributed by atoms with Gasteiger partial charge in [-0.15, -0.1) is 0 Å². The molecule has 4 nitrogen and oxygen atoms in total. The molecule has 2 aromatic heterocycles. The van der Waals surface area contributed by atoms with Gasteiger partial charge in [-0.25, -0.2) is 4.98 Å². The number of halogens is 1. The predicted molar refractivity (Wildman–Crippen MR) is 87.1 cm³/mol. The highest BCUT2D eigenvalue weighted by Gasteiger charge is 2.20. The second-order valence-electron chi connectivity index (χ2n) is 5.46. The van der Waals surface area contributed by atoms with E-state index in [0.29, 0.717) is 11.2 Å². The third kappa shape index (κ3) is 3.45. The molecule has 0 atom stereocenters. The molecule has 2 aromatic rings. The molecule has 0 aromatic carbocycles. The molecule has 3 heterocycles. The molecule has 1 saturated heterocycles. The number of pyridine rings is 2. The summed E-state index contributed by atoms with van der Waals surface area (Å²) in [6, 6.07) is 6.64. The molecule has 0 bridgehead atoms. The van der Waals surface area contributed by atoms with Crippen LogP contribution < -0.4 is 10.2 Å². The van der Waals surface area contributed by atoms with E-state index in [2.05, 4.69) is 38.4 Å². The Morgan fingerprint density at radius 2 is 1.95 bits per heavy atom. The average Bonchev–Trinajstić information content (AvgIpc) is 2.53. The second kappa shape index (κ2) is 6.31. The normalized spacial score (nSPS) is 16.0. The highest BCUT2D eigenvalue weighted by atomic mass is 35.5. The van der Waals surface area contributed by atoms with Crippen LogP contribution in [0.3, 0.4) is 0 Å². The van der Waals surface area contributed by atoms with Crippen molar-refractivity contribution < 1.29 is 0 Å². The first kappa shape index (κ1) is 14.1. The number of nitrogens with one attached hydrogen (secondary N) is 1. The van der Waals surface area contributed by atoms with E-state index in [0.717, 1.165) is 37.2 Å². The molecule has 110 valence electrons. The monoisotopic (exact) mass is 302 g/mol. The summed E-state index contributed by atoms with van der Waals surface area (Å²) in [7, 11) is 0. The summed E-state index contributed by atoms with van der Waals surface area (Å²) < 4.78 is 0. The summed E-state index contributed by atoms with van der Waals surface area (Å²) in [6.45, 7) is 4.11. The van der Waals surface area contributed by atoms with Crippen LogP contribution in [0.15, 0.2) is 36.8 Å². The molecule has 1 aliphatic heterocycles. The number of aryl methyl sites for hydroxylation is 1. The van der Waals surface area contributed by atoms with Crippen molar-refractivity contribution in [2.75, 3.05) is 23.3 Å². The van der Waals surface area contributed by atoms with Gasteiger partial charge in [0.2, 0.25) is 0 Å². The van der Waals surface area contributed by atoms with Gasteiger partial charge in [0.15, 0.2) is 5.15 Å². The molecule has 1 N–H and O–H groups in total. The van der Waals surface area contributed by atoms with Crippen LogP contribution in [-0.2, 0) is 0 Å². The number of hydrogen-bond donors (Lipinski definition) is 1. The lowest BCUT2D eigenvalue weighted by atomic mass is 10.0. The summed E-state index contributed by atoms with van der Waals surface area (Å²) in [4.78, 5) is 10.7. The first-order chi connectivity index (χ1) is 10.2. The summed E-state index contributed by atoms with van der Waals surface area (Å²) in [6.07, 6.45) is 7.66. The number of rotatable bonds is 3. The van der Waals surface area contributed by atoms with Crippen LogP contribution in [0.2, 0.25) is 5.15 Å². The van der Waals surface area contributed by atoms with Gasteiger partial charge in [0.1, 0.15) is 0 Å². The van der Waals surface area contributed by atoms with E-state index in [1.807, 2.05) is 19.3 Å². The smallest absolute Gasteiger partial charge is 0.152 e. The largest absolute Gasteiger partial charge is 0.380 e. The zero-order valence-electron chi connectivity index (χ0n) is 12.1. The fourth-order valence-electron chi connectivity index (χ4n) is 2.71. The molecule has 0 radical (unpaired) electrons. The van der Waals surface area contributed by atoms with E-state index < -0.39 is 0 Å². The first-order valence-corrected chi connectivity index (χ1v) is 7.64. The molecule has 5 heteroatoms. The molecule has 21 heavy (non-hydrogen) atoms. The van der Waals surface area contributed by atoms with Crippen LogP contribution in [0, 0.1) is 6.92 Å². The topological polar surface area (TPSA) is 41.1 Å². The van der Waals surface area contributed by atoms with Crippen molar-refractivity contribution in [3.63, 3.8) is 0 Å². The Morgan fingerprint density at radius 3 is 2.67 bits per heavy atom. The van der Waals surface area contributed by atoms with Crippen LogP contribution in [0.5, 0.6) is 0 Å². The Morgan fingerprint density at radius 1 is 1.24 bits per heavy atom. The van der Waals surface area contributed by atoms with Gasteiger partial charge in [-0.1, -0.05) is 11.6 Å². The average molecular weight is 303 g/mol. The summed E-state index contributed by atoms with van der Waals surface area (Å²) in [5.41, 5.74) is 3.31. The molecular formula is C16H19ClN4. The third-order valence-electron chi connectivity index (χ3n) is 3.86. The van der Waals surface area contributed by atoms with Gasteiger partial charge < -0.3 is 10.2 Å². The second-order valence-corrected chi connectivity index (χ2v) is 5.82. The van der Waals surface area contributed by atoms with E-state index >= 15 is 0 Å². The molecule has 0 saturated carbocycles. The van der Waals surface area contributed by atoms with Gasteiger partial charge in [-0.05, 0) is 43.5 Å². The quantitative estimate of drug-likeness (QED) is 0.881.